The highest BCUT2D eigenvalue weighted by Gasteiger charge is 2.19. The number of carbonyl (C=O) groups is 3. The summed E-state index contributed by atoms with van der Waals surface area (Å²) in [7, 11) is 0. The standard InChI is InChI=1S/C62H106O6/c1-4-7-10-13-16-19-22-25-28-30-31-32-35-37-40-43-46-49-52-55-61(64)67-58-59(57-66-60(63)54-51-48-45-42-39-36-33-27-24-21-18-15-12-9-6-3)68-62(65)56-53-50-47-44-41-38-34-29-26-23-20-17-14-11-8-5-2/h8-9,11-12,15,17-18,20-21,24,26,29-31,59H,4-7,10,13-14,16,19,22-23,25,27-28,32-58H2,1-3H3/b11-8-,12-9-,18-15-,20-17-,24-21-,29-26-,31-30-. The van der Waals surface area contributed by atoms with E-state index >= 15 is 0 Å². The van der Waals surface area contributed by atoms with Gasteiger partial charge in [0, 0.05) is 19.3 Å². The van der Waals surface area contributed by atoms with E-state index in [2.05, 4.69) is 106 Å². The Morgan fingerprint density at radius 3 is 1.07 bits per heavy atom. The van der Waals surface area contributed by atoms with Crippen LogP contribution in [0.15, 0.2) is 85.1 Å². The SMILES string of the molecule is CC\C=C/C=C\C=C/CCCCCCCCCC(=O)OCC(COC(=O)CCCCCCCCC/C=C\CCCCCCCCCC)OC(=O)CCCCCCCC/C=C\C/C=C\C/C=C\CC. The molecule has 0 spiro atoms. The molecular formula is C62H106O6. The van der Waals surface area contributed by atoms with Gasteiger partial charge in [-0.25, -0.2) is 0 Å². The van der Waals surface area contributed by atoms with Crippen LogP contribution in [-0.2, 0) is 28.6 Å². The molecule has 6 nitrogen and oxygen atoms in total. The van der Waals surface area contributed by atoms with Crippen molar-refractivity contribution in [2.24, 2.45) is 0 Å². The maximum absolute atomic E-state index is 12.8. The number of ether oxygens (including phenoxy) is 3. The van der Waals surface area contributed by atoms with Crippen LogP contribution in [0.25, 0.3) is 0 Å². The Kier molecular flexibility index (Phi) is 53.4. The van der Waals surface area contributed by atoms with E-state index in [1.54, 1.807) is 0 Å². The van der Waals surface area contributed by atoms with Crippen molar-refractivity contribution in [3.8, 4) is 0 Å². The van der Waals surface area contributed by atoms with E-state index in [0.717, 1.165) is 103 Å². The summed E-state index contributed by atoms with van der Waals surface area (Å²) in [6.45, 7) is 6.39. The predicted molar refractivity (Wildman–Crippen MR) is 293 cm³/mol. The molecular weight excluding hydrogens is 841 g/mol. The number of rotatable bonds is 51. The van der Waals surface area contributed by atoms with Gasteiger partial charge in [0.25, 0.3) is 0 Å². The Morgan fingerprint density at radius 2 is 0.647 bits per heavy atom. The van der Waals surface area contributed by atoms with Crippen LogP contribution in [0.2, 0.25) is 0 Å². The number of unbranched alkanes of at least 4 members (excludes halogenated alkanes) is 28. The van der Waals surface area contributed by atoms with Crippen LogP contribution in [0.4, 0.5) is 0 Å². The fourth-order valence-electron chi connectivity index (χ4n) is 7.92. The van der Waals surface area contributed by atoms with E-state index in [4.69, 9.17) is 14.2 Å². The van der Waals surface area contributed by atoms with Crippen molar-refractivity contribution in [1.82, 2.24) is 0 Å². The second kappa shape index (κ2) is 56.2. The van der Waals surface area contributed by atoms with Gasteiger partial charge in [-0.3, -0.25) is 14.4 Å². The molecule has 0 N–H and O–H groups in total. The number of allylic oxidation sites excluding steroid dienone is 14. The molecule has 0 heterocycles. The molecule has 0 aliphatic carbocycles. The van der Waals surface area contributed by atoms with E-state index in [1.165, 1.54) is 128 Å². The van der Waals surface area contributed by atoms with Gasteiger partial charge in [0.2, 0.25) is 0 Å². The third kappa shape index (κ3) is 53.5. The lowest BCUT2D eigenvalue weighted by Gasteiger charge is -2.18. The first kappa shape index (κ1) is 64.6. The maximum Gasteiger partial charge on any atom is 0.306 e. The van der Waals surface area contributed by atoms with Gasteiger partial charge in [-0.05, 0) is 96.3 Å². The number of hydrogen-bond donors (Lipinski definition) is 0. The monoisotopic (exact) mass is 947 g/mol. The smallest absolute Gasteiger partial charge is 0.306 e. The average Bonchev–Trinajstić information content (AvgIpc) is 3.34. The van der Waals surface area contributed by atoms with Gasteiger partial charge in [-0.2, -0.15) is 0 Å². The molecule has 0 aromatic carbocycles. The second-order valence-corrected chi connectivity index (χ2v) is 18.8. The number of hydrogen-bond acceptors (Lipinski definition) is 6. The Morgan fingerprint density at radius 1 is 0.324 bits per heavy atom. The lowest BCUT2D eigenvalue weighted by molar-refractivity contribution is -0.167. The third-order valence-electron chi connectivity index (χ3n) is 12.2. The molecule has 0 aliphatic heterocycles. The van der Waals surface area contributed by atoms with E-state index < -0.39 is 6.10 Å². The van der Waals surface area contributed by atoms with Gasteiger partial charge in [0.1, 0.15) is 13.2 Å². The third-order valence-corrected chi connectivity index (χ3v) is 12.2. The lowest BCUT2D eigenvalue weighted by Crippen LogP contribution is -2.30. The van der Waals surface area contributed by atoms with Crippen molar-refractivity contribution in [3.63, 3.8) is 0 Å². The molecule has 1 atom stereocenters. The van der Waals surface area contributed by atoms with Gasteiger partial charge in [0.15, 0.2) is 6.10 Å². The normalized spacial score (nSPS) is 12.7. The van der Waals surface area contributed by atoms with Gasteiger partial charge >= 0.3 is 17.9 Å². The summed E-state index contributed by atoms with van der Waals surface area (Å²) in [6, 6.07) is 0. The molecule has 1 unspecified atom stereocenters. The minimum Gasteiger partial charge on any atom is -0.462 e. The summed E-state index contributed by atoms with van der Waals surface area (Å²) >= 11 is 0. The first-order valence-electron chi connectivity index (χ1n) is 28.6. The fraction of sp³-hybridized carbons (Fsp3) is 0.726. The largest absolute Gasteiger partial charge is 0.462 e. The van der Waals surface area contributed by atoms with Crippen LogP contribution in [-0.4, -0.2) is 37.2 Å². The molecule has 0 bridgehead atoms. The quantitative estimate of drug-likeness (QED) is 0.0199. The topological polar surface area (TPSA) is 78.9 Å². The van der Waals surface area contributed by atoms with Crippen LogP contribution in [0.5, 0.6) is 0 Å². The molecule has 6 heteroatoms. The van der Waals surface area contributed by atoms with Crippen LogP contribution in [0.1, 0.15) is 271 Å². The van der Waals surface area contributed by atoms with Gasteiger partial charge in [0.05, 0.1) is 0 Å². The highest BCUT2D eigenvalue weighted by Crippen LogP contribution is 2.15. The number of esters is 3. The molecule has 68 heavy (non-hydrogen) atoms. The van der Waals surface area contributed by atoms with E-state index in [1.807, 2.05) is 0 Å². The minimum absolute atomic E-state index is 0.0880. The van der Waals surface area contributed by atoms with Crippen molar-refractivity contribution < 1.29 is 28.6 Å². The molecule has 0 aliphatic rings. The summed E-state index contributed by atoms with van der Waals surface area (Å²) in [6.07, 6.45) is 72.8. The molecule has 0 rings (SSSR count). The van der Waals surface area contributed by atoms with E-state index in [0.29, 0.717) is 19.3 Å². The summed E-state index contributed by atoms with van der Waals surface area (Å²) in [5, 5.41) is 0. The summed E-state index contributed by atoms with van der Waals surface area (Å²) in [4.78, 5) is 38.2. The Balaban J connectivity index is 4.40. The molecule has 0 radical (unpaired) electrons. The van der Waals surface area contributed by atoms with Crippen LogP contribution in [0.3, 0.4) is 0 Å². The second-order valence-electron chi connectivity index (χ2n) is 18.8. The van der Waals surface area contributed by atoms with Gasteiger partial charge in [-0.1, -0.05) is 241 Å². The molecule has 0 aromatic rings. The molecule has 0 aromatic heterocycles. The van der Waals surface area contributed by atoms with E-state index in [9.17, 15) is 14.4 Å². The average molecular weight is 948 g/mol. The highest BCUT2D eigenvalue weighted by molar-refractivity contribution is 5.71. The molecule has 0 saturated heterocycles. The summed E-state index contributed by atoms with van der Waals surface area (Å²) < 4.78 is 16.9. The van der Waals surface area contributed by atoms with Crippen molar-refractivity contribution in [2.75, 3.05) is 13.2 Å². The Hall–Kier alpha value is -3.41. The molecule has 390 valence electrons. The Bertz CT molecular complexity index is 1320. The Labute approximate surface area is 420 Å². The fourth-order valence-corrected chi connectivity index (χ4v) is 7.92. The molecule has 0 amide bonds. The zero-order valence-corrected chi connectivity index (χ0v) is 44.6. The zero-order chi connectivity index (χ0) is 49.3. The van der Waals surface area contributed by atoms with Gasteiger partial charge < -0.3 is 14.2 Å². The first-order valence-corrected chi connectivity index (χ1v) is 28.6. The number of carbonyl (C=O) groups excluding carboxylic acids is 3. The minimum atomic E-state index is -0.791. The van der Waals surface area contributed by atoms with Crippen LogP contribution < -0.4 is 0 Å². The van der Waals surface area contributed by atoms with Crippen LogP contribution >= 0.6 is 0 Å². The maximum atomic E-state index is 12.8. The van der Waals surface area contributed by atoms with Crippen molar-refractivity contribution >= 4 is 17.9 Å². The summed E-state index contributed by atoms with van der Waals surface area (Å²) in [5.41, 5.74) is 0. The molecule has 0 fully saturated rings. The lowest BCUT2D eigenvalue weighted by atomic mass is 10.1. The highest BCUT2D eigenvalue weighted by atomic mass is 16.6. The van der Waals surface area contributed by atoms with Crippen molar-refractivity contribution in [1.29, 1.82) is 0 Å². The van der Waals surface area contributed by atoms with Gasteiger partial charge in [-0.15, -0.1) is 0 Å². The predicted octanol–water partition coefficient (Wildman–Crippen LogP) is 19.2. The zero-order valence-electron chi connectivity index (χ0n) is 44.6. The van der Waals surface area contributed by atoms with E-state index in [-0.39, 0.29) is 31.1 Å². The molecule has 0 saturated carbocycles. The van der Waals surface area contributed by atoms with Crippen molar-refractivity contribution in [3.05, 3.63) is 85.1 Å². The van der Waals surface area contributed by atoms with Crippen molar-refractivity contribution in [2.45, 2.75) is 277 Å². The first-order chi connectivity index (χ1) is 33.5. The summed E-state index contributed by atoms with van der Waals surface area (Å²) in [5.74, 6) is -0.912. The van der Waals surface area contributed by atoms with Crippen LogP contribution in [0, 0.1) is 0 Å².